The van der Waals surface area contributed by atoms with Gasteiger partial charge >= 0.3 is 5.51 Å². The van der Waals surface area contributed by atoms with E-state index in [0.717, 1.165) is 24.3 Å². The molecule has 7 heteroatoms. The molecule has 1 aromatic rings. The number of hydrogen-bond donors (Lipinski definition) is 0. The van der Waals surface area contributed by atoms with Crippen LogP contribution < -0.4 is 4.74 Å². The summed E-state index contributed by atoms with van der Waals surface area (Å²) >= 11 is 0. The van der Waals surface area contributed by atoms with E-state index in [0.29, 0.717) is 0 Å². The zero-order valence-corrected chi connectivity index (χ0v) is 9.38. The molecule has 0 heterocycles. The van der Waals surface area contributed by atoms with E-state index in [9.17, 15) is 21.6 Å². The standard InChI is InChI=1S/C10H9F3O3S/c1-2-7-16-8-3-5-9(6-4-8)17(14,15)10(11,12)13/h2-6H,1,7H2. The molecule has 0 aromatic heterocycles. The summed E-state index contributed by atoms with van der Waals surface area (Å²) in [6, 6.07) is 4.01. The minimum atomic E-state index is -5.30. The van der Waals surface area contributed by atoms with Gasteiger partial charge in [-0.2, -0.15) is 13.2 Å². The molecule has 0 amide bonds. The van der Waals surface area contributed by atoms with E-state index in [-0.39, 0.29) is 12.4 Å². The van der Waals surface area contributed by atoms with Crippen LogP contribution in [0.2, 0.25) is 0 Å². The Balaban J connectivity index is 2.99. The minimum Gasteiger partial charge on any atom is -0.490 e. The van der Waals surface area contributed by atoms with Crippen molar-refractivity contribution < 1.29 is 26.3 Å². The van der Waals surface area contributed by atoms with Crippen LogP contribution in [0.3, 0.4) is 0 Å². The van der Waals surface area contributed by atoms with E-state index in [1.165, 1.54) is 6.08 Å². The van der Waals surface area contributed by atoms with E-state index in [4.69, 9.17) is 4.74 Å². The summed E-state index contributed by atoms with van der Waals surface area (Å²) in [7, 11) is -5.29. The highest BCUT2D eigenvalue weighted by atomic mass is 32.2. The molecule has 0 aliphatic rings. The molecule has 17 heavy (non-hydrogen) atoms. The van der Waals surface area contributed by atoms with Crippen molar-refractivity contribution in [3.8, 4) is 5.75 Å². The number of halogens is 3. The molecule has 1 aromatic carbocycles. The Hall–Kier alpha value is -1.50. The van der Waals surface area contributed by atoms with Crippen LogP contribution in [0.25, 0.3) is 0 Å². The van der Waals surface area contributed by atoms with Crippen molar-refractivity contribution in [1.82, 2.24) is 0 Å². The first-order chi connectivity index (χ1) is 7.79. The first-order valence-corrected chi connectivity index (χ1v) is 5.92. The zero-order chi connectivity index (χ0) is 13.1. The lowest BCUT2D eigenvalue weighted by molar-refractivity contribution is -0.0436. The molecule has 0 spiro atoms. The second-order valence-corrected chi connectivity index (χ2v) is 4.96. The predicted octanol–water partition coefficient (Wildman–Crippen LogP) is 2.54. The number of ether oxygens (including phenoxy) is 1. The maximum atomic E-state index is 12.2. The molecule has 0 aliphatic heterocycles. The fraction of sp³-hybridized carbons (Fsp3) is 0.200. The van der Waals surface area contributed by atoms with Gasteiger partial charge in [0.25, 0.3) is 9.84 Å². The lowest BCUT2D eigenvalue weighted by atomic mass is 10.3. The average Bonchev–Trinajstić information content (AvgIpc) is 2.25. The first-order valence-electron chi connectivity index (χ1n) is 4.44. The van der Waals surface area contributed by atoms with Gasteiger partial charge in [-0.3, -0.25) is 0 Å². The van der Waals surface area contributed by atoms with Gasteiger partial charge in [-0.25, -0.2) is 8.42 Å². The molecule has 3 nitrogen and oxygen atoms in total. The Morgan fingerprint density at radius 1 is 1.24 bits per heavy atom. The molecule has 94 valence electrons. The van der Waals surface area contributed by atoms with E-state index in [1.54, 1.807) is 0 Å². The lowest BCUT2D eigenvalue weighted by Crippen LogP contribution is -2.23. The predicted molar refractivity (Wildman–Crippen MR) is 55.4 cm³/mol. The van der Waals surface area contributed by atoms with Gasteiger partial charge in [-0.05, 0) is 24.3 Å². The van der Waals surface area contributed by atoms with E-state index in [1.807, 2.05) is 0 Å². The molecule has 0 N–H and O–H groups in total. The molecular formula is C10H9F3O3S. The Morgan fingerprint density at radius 2 is 1.76 bits per heavy atom. The van der Waals surface area contributed by atoms with Crippen molar-refractivity contribution in [3.63, 3.8) is 0 Å². The van der Waals surface area contributed by atoms with Crippen LogP contribution in [-0.4, -0.2) is 20.5 Å². The number of benzene rings is 1. The Morgan fingerprint density at radius 3 is 2.18 bits per heavy atom. The fourth-order valence-electron chi connectivity index (χ4n) is 1.00. The Bertz CT molecular complexity index is 489. The molecule has 0 fully saturated rings. The maximum Gasteiger partial charge on any atom is 0.501 e. The highest BCUT2D eigenvalue weighted by Crippen LogP contribution is 2.30. The summed E-state index contributed by atoms with van der Waals surface area (Å²) in [5.74, 6) is 0.269. The third-order valence-electron chi connectivity index (χ3n) is 1.81. The van der Waals surface area contributed by atoms with Crippen molar-refractivity contribution in [2.24, 2.45) is 0 Å². The quantitative estimate of drug-likeness (QED) is 0.786. The molecule has 0 aliphatic carbocycles. The smallest absolute Gasteiger partial charge is 0.490 e. The van der Waals surface area contributed by atoms with Crippen LogP contribution in [0, 0.1) is 0 Å². The molecule has 1 rings (SSSR count). The third kappa shape index (κ3) is 3.00. The largest absolute Gasteiger partial charge is 0.501 e. The number of rotatable bonds is 4. The summed E-state index contributed by atoms with van der Waals surface area (Å²) < 4.78 is 63.6. The summed E-state index contributed by atoms with van der Waals surface area (Å²) in [5, 5.41) is 0. The SMILES string of the molecule is C=CCOc1ccc(S(=O)(=O)C(F)(F)F)cc1. The van der Waals surface area contributed by atoms with Gasteiger partial charge in [0.15, 0.2) is 0 Å². The van der Waals surface area contributed by atoms with Crippen LogP contribution in [0.1, 0.15) is 0 Å². The highest BCUT2D eigenvalue weighted by Gasteiger charge is 2.46. The monoisotopic (exact) mass is 266 g/mol. The maximum absolute atomic E-state index is 12.2. The number of alkyl halides is 3. The van der Waals surface area contributed by atoms with Crippen molar-refractivity contribution in [2.45, 2.75) is 10.4 Å². The summed E-state index contributed by atoms with van der Waals surface area (Å²) in [4.78, 5) is -0.809. The topological polar surface area (TPSA) is 43.4 Å². The molecule has 0 radical (unpaired) electrons. The fourth-order valence-corrected chi connectivity index (χ4v) is 1.77. The summed E-state index contributed by atoms with van der Waals surface area (Å²) in [6.07, 6.45) is 1.46. The van der Waals surface area contributed by atoms with Crippen molar-refractivity contribution in [2.75, 3.05) is 6.61 Å². The van der Waals surface area contributed by atoms with Crippen LogP contribution in [0.15, 0.2) is 41.8 Å². The Labute approximate surface area is 96.4 Å². The molecule has 0 saturated heterocycles. The van der Waals surface area contributed by atoms with E-state index < -0.39 is 20.2 Å². The van der Waals surface area contributed by atoms with Gasteiger partial charge in [0, 0.05) is 0 Å². The van der Waals surface area contributed by atoms with E-state index >= 15 is 0 Å². The van der Waals surface area contributed by atoms with Crippen LogP contribution >= 0.6 is 0 Å². The molecule has 0 unspecified atom stereocenters. The third-order valence-corrected chi connectivity index (χ3v) is 3.31. The normalized spacial score (nSPS) is 12.2. The first kappa shape index (κ1) is 13.6. The van der Waals surface area contributed by atoms with Crippen molar-refractivity contribution >= 4 is 9.84 Å². The lowest BCUT2D eigenvalue weighted by Gasteiger charge is -2.08. The van der Waals surface area contributed by atoms with Gasteiger partial charge in [0.2, 0.25) is 0 Å². The van der Waals surface area contributed by atoms with Crippen LogP contribution in [0.4, 0.5) is 13.2 Å². The van der Waals surface area contributed by atoms with Crippen molar-refractivity contribution in [1.29, 1.82) is 0 Å². The van der Waals surface area contributed by atoms with Gasteiger partial charge in [0.1, 0.15) is 12.4 Å². The summed E-state index contributed by atoms with van der Waals surface area (Å²) in [5.41, 5.74) is -5.30. The molecule has 0 saturated carbocycles. The minimum absolute atomic E-state index is 0.186. The van der Waals surface area contributed by atoms with Crippen LogP contribution in [-0.2, 0) is 9.84 Å². The average molecular weight is 266 g/mol. The van der Waals surface area contributed by atoms with Crippen LogP contribution in [0.5, 0.6) is 5.75 Å². The molecule has 0 atom stereocenters. The second-order valence-electron chi connectivity index (χ2n) is 3.02. The van der Waals surface area contributed by atoms with E-state index in [2.05, 4.69) is 6.58 Å². The number of sulfone groups is 1. The zero-order valence-electron chi connectivity index (χ0n) is 8.57. The van der Waals surface area contributed by atoms with Gasteiger partial charge in [-0.1, -0.05) is 12.7 Å². The molecular weight excluding hydrogens is 257 g/mol. The van der Waals surface area contributed by atoms with Crippen molar-refractivity contribution in [3.05, 3.63) is 36.9 Å². The van der Waals surface area contributed by atoms with Gasteiger partial charge in [0.05, 0.1) is 4.90 Å². The summed E-state index contributed by atoms with van der Waals surface area (Å²) in [6.45, 7) is 3.58. The molecule has 0 bridgehead atoms. The Kier molecular flexibility index (Phi) is 3.82. The second kappa shape index (κ2) is 4.79. The number of hydrogen-bond acceptors (Lipinski definition) is 3. The van der Waals surface area contributed by atoms with Gasteiger partial charge < -0.3 is 4.74 Å². The highest BCUT2D eigenvalue weighted by molar-refractivity contribution is 7.92. The van der Waals surface area contributed by atoms with Gasteiger partial charge in [-0.15, -0.1) is 0 Å².